The molecule has 256 valence electrons. The Kier molecular flexibility index (Phi) is 8.91. The van der Waals surface area contributed by atoms with Crippen molar-refractivity contribution in [3.63, 3.8) is 0 Å². The van der Waals surface area contributed by atoms with Crippen LogP contribution in [-0.2, 0) is 14.8 Å². The van der Waals surface area contributed by atoms with Crippen LogP contribution >= 0.6 is 0 Å². The highest BCUT2D eigenvalue weighted by Gasteiger charge is 2.51. The number of methoxy groups -OCH3 is 1. The third-order valence-corrected chi connectivity index (χ3v) is 11.3. The fraction of sp³-hybridized carbons (Fsp3) is 0.500. The molecule has 0 radical (unpaired) electrons. The van der Waals surface area contributed by atoms with Crippen LogP contribution < -0.4 is 9.46 Å². The van der Waals surface area contributed by atoms with Crippen LogP contribution in [0.15, 0.2) is 53.4 Å². The number of likely N-dealkylation sites (tertiary alicyclic amines) is 1. The van der Waals surface area contributed by atoms with Crippen molar-refractivity contribution in [1.82, 2.24) is 19.8 Å². The van der Waals surface area contributed by atoms with Crippen molar-refractivity contribution in [2.24, 2.45) is 10.8 Å². The summed E-state index contributed by atoms with van der Waals surface area (Å²) < 4.78 is 41.3. The molecule has 3 aliphatic rings. The van der Waals surface area contributed by atoms with E-state index in [0.29, 0.717) is 30.8 Å². The van der Waals surface area contributed by atoms with Gasteiger partial charge in [0.15, 0.2) is 0 Å². The molecule has 1 saturated carbocycles. The zero-order chi connectivity index (χ0) is 34.4. The number of carbonyl (C=O) groups is 2. The van der Waals surface area contributed by atoms with Gasteiger partial charge in [0.25, 0.3) is 15.9 Å². The molecule has 2 aromatic carbocycles. The fourth-order valence-electron chi connectivity index (χ4n) is 7.61. The number of piperidine rings is 1. The first-order chi connectivity index (χ1) is 22.7. The van der Waals surface area contributed by atoms with E-state index in [4.69, 9.17) is 9.47 Å². The van der Waals surface area contributed by atoms with E-state index in [1.165, 1.54) is 19.2 Å². The number of rotatable bonds is 3. The lowest BCUT2D eigenvalue weighted by Crippen LogP contribution is -2.60. The van der Waals surface area contributed by atoms with E-state index < -0.39 is 10.0 Å². The standard InChI is InChI=1S/C36H45N5O6S/c1-23-9-7-10-24(2)31(23)29-18-30-38-33(37-29)39-48(44,45)28-12-8-11-25(17-28)32(42)41(27(22-47-30)19-35(3,4)5)26-20-36(21-26)13-15-40(16-14-36)34(43)46-6/h7-12,17-18,26-27H,13-16,19-22H2,1-6H3,(H,37,38,39)/t27-/m1/s1. The van der Waals surface area contributed by atoms with Gasteiger partial charge in [0, 0.05) is 36.3 Å². The molecular weight excluding hydrogens is 630 g/mol. The number of hydrogen-bond acceptors (Lipinski definition) is 8. The second-order valence-electron chi connectivity index (χ2n) is 14.8. The third-order valence-electron chi connectivity index (χ3n) is 9.94. The van der Waals surface area contributed by atoms with Crippen LogP contribution in [0.25, 0.3) is 11.3 Å². The molecule has 1 aliphatic carbocycles. The normalized spacial score (nSPS) is 20.8. The maximum absolute atomic E-state index is 14.6. The van der Waals surface area contributed by atoms with E-state index in [1.54, 1.807) is 23.1 Å². The Balaban J connectivity index is 1.41. The van der Waals surface area contributed by atoms with Crippen LogP contribution in [0.2, 0.25) is 0 Å². The van der Waals surface area contributed by atoms with Crippen LogP contribution in [0.3, 0.4) is 0 Å². The Morgan fingerprint density at radius 2 is 1.71 bits per heavy atom. The van der Waals surface area contributed by atoms with E-state index in [-0.39, 0.29) is 58.2 Å². The summed E-state index contributed by atoms with van der Waals surface area (Å²) in [6.07, 6.45) is 3.60. The van der Waals surface area contributed by atoms with Crippen molar-refractivity contribution >= 4 is 28.0 Å². The van der Waals surface area contributed by atoms with Gasteiger partial charge in [-0.05, 0) is 86.1 Å². The van der Waals surface area contributed by atoms with Gasteiger partial charge < -0.3 is 19.3 Å². The molecule has 12 heteroatoms. The minimum absolute atomic E-state index is 0.0285. The van der Waals surface area contributed by atoms with Crippen LogP contribution in [0.1, 0.15) is 74.4 Å². The number of hydrogen-bond donors (Lipinski definition) is 1. The second kappa shape index (κ2) is 12.7. The molecule has 1 N–H and O–H groups in total. The van der Waals surface area contributed by atoms with Crippen LogP contribution in [0.4, 0.5) is 10.7 Å². The zero-order valence-corrected chi connectivity index (χ0v) is 29.4. The number of nitrogens with one attached hydrogen (secondary N) is 1. The molecule has 1 atom stereocenters. The number of fused-ring (bicyclic) bond motifs is 4. The topological polar surface area (TPSA) is 131 Å². The highest BCUT2D eigenvalue weighted by Crippen LogP contribution is 2.52. The van der Waals surface area contributed by atoms with Gasteiger partial charge in [0.2, 0.25) is 11.8 Å². The summed E-state index contributed by atoms with van der Waals surface area (Å²) in [6, 6.07) is 13.4. The second-order valence-corrected chi connectivity index (χ2v) is 16.5. The molecule has 2 fully saturated rings. The van der Waals surface area contributed by atoms with Crippen LogP contribution in [0, 0.1) is 24.7 Å². The predicted octanol–water partition coefficient (Wildman–Crippen LogP) is 6.21. The van der Waals surface area contributed by atoms with Gasteiger partial charge in [-0.3, -0.25) is 4.79 Å². The number of aromatic nitrogens is 2. The minimum Gasteiger partial charge on any atom is -0.475 e. The Hall–Kier alpha value is -4.19. The first-order valence-electron chi connectivity index (χ1n) is 16.5. The molecule has 1 aromatic heterocycles. The van der Waals surface area contributed by atoms with Crippen molar-refractivity contribution in [3.8, 4) is 17.1 Å². The molecule has 3 heterocycles. The van der Waals surface area contributed by atoms with E-state index in [1.807, 2.05) is 36.9 Å². The highest BCUT2D eigenvalue weighted by atomic mass is 32.2. The van der Waals surface area contributed by atoms with Gasteiger partial charge >= 0.3 is 6.09 Å². The van der Waals surface area contributed by atoms with E-state index in [2.05, 4.69) is 35.5 Å². The molecule has 2 amide bonds. The summed E-state index contributed by atoms with van der Waals surface area (Å²) in [5.74, 6) is -0.118. The molecule has 6 rings (SSSR count). The number of benzene rings is 2. The number of nitrogens with zero attached hydrogens (tertiary/aromatic N) is 4. The number of anilines is 1. The van der Waals surface area contributed by atoms with Crippen molar-refractivity contribution in [1.29, 1.82) is 0 Å². The molecule has 1 spiro atoms. The number of amides is 2. The van der Waals surface area contributed by atoms with Gasteiger partial charge in [-0.15, -0.1) is 0 Å². The van der Waals surface area contributed by atoms with Gasteiger partial charge in [-0.2, -0.15) is 4.98 Å². The average molecular weight is 676 g/mol. The van der Waals surface area contributed by atoms with Gasteiger partial charge in [0.1, 0.15) is 6.61 Å². The Morgan fingerprint density at radius 3 is 2.35 bits per heavy atom. The Labute approximate surface area is 283 Å². The van der Waals surface area contributed by atoms with Crippen molar-refractivity contribution in [2.75, 3.05) is 31.5 Å². The summed E-state index contributed by atoms with van der Waals surface area (Å²) in [6.45, 7) is 11.8. The average Bonchev–Trinajstić information content (AvgIpc) is 3.01. The largest absolute Gasteiger partial charge is 0.475 e. The lowest BCUT2D eigenvalue weighted by atomic mass is 9.59. The predicted molar refractivity (Wildman–Crippen MR) is 182 cm³/mol. The van der Waals surface area contributed by atoms with Crippen molar-refractivity contribution in [2.45, 2.75) is 83.7 Å². The zero-order valence-electron chi connectivity index (χ0n) is 28.6. The maximum atomic E-state index is 14.6. The lowest BCUT2D eigenvalue weighted by molar-refractivity contribution is -0.0525. The number of sulfonamides is 1. The summed E-state index contributed by atoms with van der Waals surface area (Å²) in [4.78, 5) is 39.4. The lowest BCUT2D eigenvalue weighted by Gasteiger charge is -2.56. The van der Waals surface area contributed by atoms with Crippen molar-refractivity contribution < 1.29 is 27.5 Å². The first-order valence-corrected chi connectivity index (χ1v) is 18.0. The molecule has 1 saturated heterocycles. The Morgan fingerprint density at radius 1 is 1.04 bits per heavy atom. The van der Waals surface area contributed by atoms with Crippen molar-refractivity contribution in [3.05, 3.63) is 65.2 Å². The van der Waals surface area contributed by atoms with Gasteiger partial charge in [0.05, 0.1) is 23.7 Å². The number of carbonyl (C=O) groups excluding carboxylic acids is 2. The van der Waals surface area contributed by atoms with Crippen LogP contribution in [0.5, 0.6) is 5.88 Å². The molecule has 2 aliphatic heterocycles. The van der Waals surface area contributed by atoms with Gasteiger partial charge in [-0.25, -0.2) is 22.9 Å². The first kappa shape index (κ1) is 33.7. The molecule has 0 unspecified atom stereocenters. The highest BCUT2D eigenvalue weighted by molar-refractivity contribution is 7.92. The van der Waals surface area contributed by atoms with E-state index in [9.17, 15) is 18.0 Å². The molecule has 4 bridgehead atoms. The van der Waals surface area contributed by atoms with Crippen LogP contribution in [-0.4, -0.2) is 79.1 Å². The summed E-state index contributed by atoms with van der Waals surface area (Å²) in [7, 11) is -2.75. The van der Waals surface area contributed by atoms with E-state index >= 15 is 0 Å². The third kappa shape index (κ3) is 6.85. The number of ether oxygens (including phenoxy) is 2. The smallest absolute Gasteiger partial charge is 0.409 e. The minimum atomic E-state index is -4.15. The quantitative estimate of drug-likeness (QED) is 0.347. The fourth-order valence-corrected chi connectivity index (χ4v) is 8.60. The molecule has 3 aromatic rings. The molecule has 11 nitrogen and oxygen atoms in total. The number of aryl methyl sites for hydroxylation is 2. The summed E-state index contributed by atoms with van der Waals surface area (Å²) in [5, 5.41) is 0. The summed E-state index contributed by atoms with van der Waals surface area (Å²) >= 11 is 0. The van der Waals surface area contributed by atoms with Gasteiger partial charge in [-0.1, -0.05) is 45.0 Å². The molecule has 48 heavy (non-hydrogen) atoms. The SMILES string of the molecule is COC(=O)N1CCC2(CC1)CC(N1C(=O)c3cccc(c3)S(=O)(=O)Nc3nc(cc(-c4c(C)cccc4C)n3)OC[C@H]1CC(C)(C)C)C2. The maximum Gasteiger partial charge on any atom is 0.409 e. The summed E-state index contributed by atoms with van der Waals surface area (Å²) in [5.41, 5.74) is 3.55. The molecular formula is C36H45N5O6S. The monoisotopic (exact) mass is 675 g/mol. The van der Waals surface area contributed by atoms with E-state index in [0.717, 1.165) is 42.4 Å². The Bertz CT molecular complexity index is 1800.